The molecule has 4 aromatic rings. The van der Waals surface area contributed by atoms with Crippen molar-refractivity contribution in [2.45, 2.75) is 12.1 Å². The number of para-hydroxylation sites is 2. The minimum Gasteiger partial charge on any atom is -0.508 e. The van der Waals surface area contributed by atoms with Crippen LogP contribution in [0.25, 0.3) is 0 Å². The van der Waals surface area contributed by atoms with Crippen LogP contribution in [0.4, 0.5) is 11.4 Å². The third kappa shape index (κ3) is 6.02. The zero-order valence-corrected chi connectivity index (χ0v) is 20.6. The lowest BCUT2D eigenvalue weighted by molar-refractivity contribution is -0.385. The Morgan fingerprint density at radius 1 is 0.575 bits per heavy atom. The van der Waals surface area contributed by atoms with Crippen LogP contribution in [0.3, 0.4) is 0 Å². The molecule has 0 saturated carbocycles. The van der Waals surface area contributed by atoms with E-state index in [2.05, 4.69) is 9.98 Å². The van der Waals surface area contributed by atoms with Gasteiger partial charge in [0, 0.05) is 58.9 Å². The van der Waals surface area contributed by atoms with E-state index in [1.165, 1.54) is 24.6 Å². The Balaban J connectivity index is 1.90. The molecule has 0 aromatic heterocycles. The standard InChI is InChI=1S/C28H22N4O8/c33-23-11-9-19(31(37)38)13-17(23)15-29-27(21-5-1-3-7-25(21)35)28(22-6-2-4-8-26(22)36)30-16-18-14-20(32(39)40)10-12-24(18)34/h1-16,27-28,33-36H/t27-,28+. The van der Waals surface area contributed by atoms with Gasteiger partial charge in [0.05, 0.1) is 9.85 Å². The number of rotatable bonds is 9. The molecule has 12 nitrogen and oxygen atoms in total. The van der Waals surface area contributed by atoms with Crippen molar-refractivity contribution in [2.75, 3.05) is 0 Å². The van der Waals surface area contributed by atoms with Crippen LogP contribution in [0, 0.1) is 20.2 Å². The SMILES string of the molecule is O=[N+]([O-])c1ccc(O)c(C=N[C@H](c2ccccc2O)[C@@H](N=Cc2cc([N+](=O)[O-])ccc2O)c2ccccc2O)c1. The molecule has 202 valence electrons. The summed E-state index contributed by atoms with van der Waals surface area (Å²) in [4.78, 5) is 30.3. The van der Waals surface area contributed by atoms with Gasteiger partial charge in [0.15, 0.2) is 0 Å². The van der Waals surface area contributed by atoms with Gasteiger partial charge in [-0.15, -0.1) is 0 Å². The van der Waals surface area contributed by atoms with Gasteiger partial charge < -0.3 is 20.4 Å². The van der Waals surface area contributed by atoms with Crippen molar-refractivity contribution in [1.82, 2.24) is 0 Å². The fourth-order valence-electron chi connectivity index (χ4n) is 3.98. The molecular formula is C28H22N4O8. The molecule has 0 saturated heterocycles. The summed E-state index contributed by atoms with van der Waals surface area (Å²) < 4.78 is 0. The topological polar surface area (TPSA) is 192 Å². The van der Waals surface area contributed by atoms with Gasteiger partial charge in [-0.25, -0.2) is 0 Å². The number of nitro benzene ring substituents is 2. The number of aliphatic imine (C=N–C) groups is 2. The number of hydrogen-bond acceptors (Lipinski definition) is 10. The first kappa shape index (κ1) is 27.3. The molecule has 40 heavy (non-hydrogen) atoms. The van der Waals surface area contributed by atoms with Gasteiger partial charge in [-0.1, -0.05) is 36.4 Å². The number of nitrogens with zero attached hydrogens (tertiary/aromatic N) is 4. The fourth-order valence-corrected chi connectivity index (χ4v) is 3.98. The summed E-state index contributed by atoms with van der Waals surface area (Å²) in [6.45, 7) is 0. The van der Waals surface area contributed by atoms with E-state index in [9.17, 15) is 40.7 Å². The minimum atomic E-state index is -1.08. The van der Waals surface area contributed by atoms with Crippen LogP contribution in [0.5, 0.6) is 23.0 Å². The molecule has 4 N–H and O–H groups in total. The monoisotopic (exact) mass is 542 g/mol. The largest absolute Gasteiger partial charge is 0.508 e. The Labute approximate surface area is 226 Å². The lowest BCUT2D eigenvalue weighted by Gasteiger charge is -2.23. The number of nitro groups is 2. The maximum Gasteiger partial charge on any atom is 0.270 e. The van der Waals surface area contributed by atoms with E-state index in [1.807, 2.05) is 0 Å². The van der Waals surface area contributed by atoms with E-state index in [1.54, 1.807) is 36.4 Å². The van der Waals surface area contributed by atoms with Gasteiger partial charge in [0.1, 0.15) is 35.1 Å². The van der Waals surface area contributed by atoms with Crippen molar-refractivity contribution < 1.29 is 30.3 Å². The van der Waals surface area contributed by atoms with Crippen LogP contribution in [0.15, 0.2) is 94.9 Å². The van der Waals surface area contributed by atoms with Gasteiger partial charge in [-0.3, -0.25) is 30.2 Å². The Hall–Kier alpha value is -5.78. The average molecular weight is 543 g/mol. The Morgan fingerprint density at radius 2 is 0.950 bits per heavy atom. The molecule has 2 atom stereocenters. The van der Waals surface area contributed by atoms with Crippen LogP contribution in [0.1, 0.15) is 34.3 Å². The van der Waals surface area contributed by atoms with Gasteiger partial charge in [0.2, 0.25) is 0 Å². The van der Waals surface area contributed by atoms with Crippen molar-refractivity contribution in [3.05, 3.63) is 127 Å². The smallest absolute Gasteiger partial charge is 0.270 e. The molecule has 0 aliphatic heterocycles. The lowest BCUT2D eigenvalue weighted by atomic mass is 9.92. The second-order valence-corrected chi connectivity index (χ2v) is 8.56. The molecule has 0 spiro atoms. The lowest BCUT2D eigenvalue weighted by Crippen LogP contribution is -2.10. The number of phenols is 4. The first-order chi connectivity index (χ1) is 19.2. The Morgan fingerprint density at radius 3 is 1.30 bits per heavy atom. The third-order valence-electron chi connectivity index (χ3n) is 6.00. The first-order valence-electron chi connectivity index (χ1n) is 11.7. The van der Waals surface area contributed by atoms with Crippen molar-refractivity contribution >= 4 is 23.8 Å². The molecule has 4 aromatic carbocycles. The highest BCUT2D eigenvalue weighted by molar-refractivity contribution is 5.86. The van der Waals surface area contributed by atoms with E-state index in [0.29, 0.717) is 0 Å². The summed E-state index contributed by atoms with van der Waals surface area (Å²) in [5.74, 6) is -0.896. The molecule has 0 radical (unpaired) electrons. The summed E-state index contributed by atoms with van der Waals surface area (Å²) in [5.41, 5.74) is -0.00355. The van der Waals surface area contributed by atoms with Crippen LogP contribution >= 0.6 is 0 Å². The number of hydrogen-bond donors (Lipinski definition) is 4. The predicted molar refractivity (Wildman–Crippen MR) is 146 cm³/mol. The number of benzene rings is 4. The number of non-ortho nitro benzene ring substituents is 2. The van der Waals surface area contributed by atoms with Gasteiger partial charge >= 0.3 is 0 Å². The molecule has 4 rings (SSSR count). The predicted octanol–water partition coefficient (Wildman–Crippen LogP) is 5.35. The zero-order valence-electron chi connectivity index (χ0n) is 20.6. The van der Waals surface area contributed by atoms with Gasteiger partial charge in [-0.2, -0.15) is 0 Å². The second-order valence-electron chi connectivity index (χ2n) is 8.56. The molecule has 0 bridgehead atoms. The van der Waals surface area contributed by atoms with Crippen molar-refractivity contribution in [3.63, 3.8) is 0 Å². The summed E-state index contributed by atoms with van der Waals surface area (Å²) in [6.07, 6.45) is 2.37. The maximum atomic E-state index is 11.2. The van der Waals surface area contributed by atoms with Gasteiger partial charge in [0.25, 0.3) is 11.4 Å². The van der Waals surface area contributed by atoms with Crippen molar-refractivity contribution in [3.8, 4) is 23.0 Å². The number of aromatic hydroxyl groups is 4. The fraction of sp³-hybridized carbons (Fsp3) is 0.0714. The van der Waals surface area contributed by atoms with E-state index >= 15 is 0 Å². The molecule has 12 heteroatoms. The van der Waals surface area contributed by atoms with Crippen molar-refractivity contribution in [2.24, 2.45) is 9.98 Å². The number of phenolic OH excluding ortho intramolecular Hbond substituents is 4. The molecule has 0 aliphatic rings. The van der Waals surface area contributed by atoms with E-state index in [4.69, 9.17) is 0 Å². The van der Waals surface area contributed by atoms with Crippen LogP contribution in [-0.4, -0.2) is 42.7 Å². The zero-order chi connectivity index (χ0) is 28.8. The Bertz CT molecular complexity index is 1520. The van der Waals surface area contributed by atoms with Crippen LogP contribution in [0.2, 0.25) is 0 Å². The van der Waals surface area contributed by atoms with Crippen molar-refractivity contribution in [1.29, 1.82) is 0 Å². The van der Waals surface area contributed by atoms with Gasteiger partial charge in [-0.05, 0) is 24.3 Å². The average Bonchev–Trinajstić information content (AvgIpc) is 2.93. The summed E-state index contributed by atoms with van der Waals surface area (Å²) in [5, 5.41) is 64.5. The van der Waals surface area contributed by atoms with E-state index in [-0.39, 0.29) is 56.6 Å². The highest BCUT2D eigenvalue weighted by Crippen LogP contribution is 2.42. The summed E-state index contributed by atoms with van der Waals surface area (Å²) in [7, 11) is 0. The highest BCUT2D eigenvalue weighted by atomic mass is 16.6. The molecule has 0 unspecified atom stereocenters. The van der Waals surface area contributed by atoms with Crippen LogP contribution < -0.4 is 0 Å². The summed E-state index contributed by atoms with van der Waals surface area (Å²) >= 11 is 0. The summed E-state index contributed by atoms with van der Waals surface area (Å²) in [6, 6.07) is 17.1. The molecular weight excluding hydrogens is 520 g/mol. The highest BCUT2D eigenvalue weighted by Gasteiger charge is 2.28. The van der Waals surface area contributed by atoms with Crippen LogP contribution in [-0.2, 0) is 0 Å². The molecule has 0 heterocycles. The normalized spacial score (nSPS) is 12.9. The second kappa shape index (κ2) is 11.7. The maximum absolute atomic E-state index is 11.2. The Kier molecular flexibility index (Phi) is 7.99. The quantitative estimate of drug-likeness (QED) is 0.124. The first-order valence-corrected chi connectivity index (χ1v) is 11.7. The molecule has 0 aliphatic carbocycles. The van der Waals surface area contributed by atoms with E-state index in [0.717, 1.165) is 36.4 Å². The molecule has 0 fully saturated rings. The molecule has 0 amide bonds. The minimum absolute atomic E-state index is 0.0194. The third-order valence-corrected chi connectivity index (χ3v) is 6.00. The van der Waals surface area contributed by atoms with E-state index < -0.39 is 21.9 Å².